The van der Waals surface area contributed by atoms with Crippen molar-refractivity contribution in [1.82, 2.24) is 0 Å². The SMILES string of the molecule is CCOCC(=O)c1cccc(C)c1Cl. The summed E-state index contributed by atoms with van der Waals surface area (Å²) in [5.74, 6) is -0.0689. The predicted molar refractivity (Wildman–Crippen MR) is 57.0 cm³/mol. The van der Waals surface area contributed by atoms with Gasteiger partial charge < -0.3 is 4.74 Å². The van der Waals surface area contributed by atoms with Gasteiger partial charge in [0.05, 0.1) is 5.02 Å². The van der Waals surface area contributed by atoms with Crippen molar-refractivity contribution in [2.75, 3.05) is 13.2 Å². The lowest BCUT2D eigenvalue weighted by molar-refractivity contribution is 0.0783. The molecule has 0 aliphatic rings. The lowest BCUT2D eigenvalue weighted by atomic mass is 10.1. The fourth-order valence-electron chi connectivity index (χ4n) is 1.14. The average molecular weight is 213 g/mol. The number of Topliss-reactive ketones (excluding diaryl/α,β-unsaturated/α-hetero) is 1. The highest BCUT2D eigenvalue weighted by molar-refractivity contribution is 6.34. The average Bonchev–Trinajstić information content (AvgIpc) is 2.18. The molecule has 0 fully saturated rings. The molecule has 0 bridgehead atoms. The van der Waals surface area contributed by atoms with E-state index in [-0.39, 0.29) is 12.4 Å². The number of carbonyl (C=O) groups is 1. The molecular weight excluding hydrogens is 200 g/mol. The molecule has 0 spiro atoms. The van der Waals surface area contributed by atoms with Gasteiger partial charge in [0.2, 0.25) is 0 Å². The second-order valence-corrected chi connectivity index (χ2v) is 3.37. The van der Waals surface area contributed by atoms with Crippen LogP contribution < -0.4 is 0 Å². The van der Waals surface area contributed by atoms with Crippen molar-refractivity contribution in [2.45, 2.75) is 13.8 Å². The summed E-state index contributed by atoms with van der Waals surface area (Å²) in [4.78, 5) is 11.6. The highest BCUT2D eigenvalue weighted by atomic mass is 35.5. The Balaban J connectivity index is 2.84. The van der Waals surface area contributed by atoms with E-state index in [0.29, 0.717) is 17.2 Å². The van der Waals surface area contributed by atoms with Gasteiger partial charge in [-0.05, 0) is 25.5 Å². The van der Waals surface area contributed by atoms with Crippen LogP contribution in [0.15, 0.2) is 18.2 Å². The van der Waals surface area contributed by atoms with Crippen molar-refractivity contribution in [3.63, 3.8) is 0 Å². The molecule has 0 saturated heterocycles. The molecule has 0 saturated carbocycles. The van der Waals surface area contributed by atoms with Crippen molar-refractivity contribution < 1.29 is 9.53 Å². The van der Waals surface area contributed by atoms with Crippen LogP contribution >= 0.6 is 11.6 Å². The largest absolute Gasteiger partial charge is 0.374 e. The van der Waals surface area contributed by atoms with E-state index in [9.17, 15) is 4.79 Å². The Morgan fingerprint density at radius 3 is 2.86 bits per heavy atom. The summed E-state index contributed by atoms with van der Waals surface area (Å²) in [6.45, 7) is 4.36. The van der Waals surface area contributed by atoms with Gasteiger partial charge in [-0.25, -0.2) is 0 Å². The molecule has 3 heteroatoms. The van der Waals surface area contributed by atoms with Crippen molar-refractivity contribution in [1.29, 1.82) is 0 Å². The lowest BCUT2D eigenvalue weighted by Gasteiger charge is -2.05. The van der Waals surface area contributed by atoms with Gasteiger partial charge in [-0.2, -0.15) is 0 Å². The molecule has 0 aliphatic carbocycles. The first-order valence-corrected chi connectivity index (χ1v) is 4.90. The Labute approximate surface area is 88.8 Å². The molecule has 2 nitrogen and oxygen atoms in total. The van der Waals surface area contributed by atoms with Gasteiger partial charge in [0.25, 0.3) is 0 Å². The zero-order valence-corrected chi connectivity index (χ0v) is 9.10. The fraction of sp³-hybridized carbons (Fsp3) is 0.364. The van der Waals surface area contributed by atoms with Gasteiger partial charge >= 0.3 is 0 Å². The van der Waals surface area contributed by atoms with Gasteiger partial charge in [0, 0.05) is 12.2 Å². The first-order chi connectivity index (χ1) is 6.66. The first kappa shape index (κ1) is 11.2. The summed E-state index contributed by atoms with van der Waals surface area (Å²) in [6.07, 6.45) is 0. The minimum Gasteiger partial charge on any atom is -0.374 e. The predicted octanol–water partition coefficient (Wildman–Crippen LogP) is 2.87. The lowest BCUT2D eigenvalue weighted by Crippen LogP contribution is -2.09. The third kappa shape index (κ3) is 2.56. The molecule has 0 radical (unpaired) electrons. The van der Waals surface area contributed by atoms with Crippen LogP contribution in [0.1, 0.15) is 22.8 Å². The van der Waals surface area contributed by atoms with Gasteiger partial charge in [0.15, 0.2) is 5.78 Å². The molecule has 1 aromatic carbocycles. The summed E-state index contributed by atoms with van der Waals surface area (Å²) in [5.41, 5.74) is 1.45. The molecule has 0 aliphatic heterocycles. The molecule has 1 aromatic rings. The maximum absolute atomic E-state index is 11.6. The zero-order valence-electron chi connectivity index (χ0n) is 8.34. The second kappa shape index (κ2) is 5.13. The van der Waals surface area contributed by atoms with E-state index in [2.05, 4.69) is 0 Å². The van der Waals surface area contributed by atoms with Crippen molar-refractivity contribution in [3.8, 4) is 0 Å². The maximum atomic E-state index is 11.6. The smallest absolute Gasteiger partial charge is 0.189 e. The Morgan fingerprint density at radius 1 is 1.50 bits per heavy atom. The monoisotopic (exact) mass is 212 g/mol. The van der Waals surface area contributed by atoms with Crippen molar-refractivity contribution in [2.24, 2.45) is 0 Å². The minimum absolute atomic E-state index is 0.0689. The van der Waals surface area contributed by atoms with E-state index in [4.69, 9.17) is 16.3 Å². The fourth-order valence-corrected chi connectivity index (χ4v) is 1.37. The normalized spacial score (nSPS) is 10.2. The standard InChI is InChI=1S/C11H13ClO2/c1-3-14-7-10(13)9-6-4-5-8(2)11(9)12/h4-6H,3,7H2,1-2H3. The third-order valence-electron chi connectivity index (χ3n) is 1.93. The number of rotatable bonds is 4. The molecule has 0 N–H and O–H groups in total. The zero-order chi connectivity index (χ0) is 10.6. The highest BCUT2D eigenvalue weighted by Gasteiger charge is 2.10. The van der Waals surface area contributed by atoms with Crippen LogP contribution in [0, 0.1) is 6.92 Å². The first-order valence-electron chi connectivity index (χ1n) is 4.53. The van der Waals surface area contributed by atoms with E-state index in [1.165, 1.54) is 0 Å². The van der Waals surface area contributed by atoms with Crippen LogP contribution in [0.2, 0.25) is 5.02 Å². The highest BCUT2D eigenvalue weighted by Crippen LogP contribution is 2.20. The number of halogens is 1. The molecule has 0 amide bonds. The number of ether oxygens (including phenoxy) is 1. The Bertz CT molecular complexity index is 334. The van der Waals surface area contributed by atoms with E-state index < -0.39 is 0 Å². The van der Waals surface area contributed by atoms with Gasteiger partial charge in [-0.3, -0.25) is 4.79 Å². The number of carbonyl (C=O) groups excluding carboxylic acids is 1. The Hall–Kier alpha value is -0.860. The molecule has 0 aromatic heterocycles. The number of benzene rings is 1. The Kier molecular flexibility index (Phi) is 4.11. The van der Waals surface area contributed by atoms with Crippen LogP contribution in [0.25, 0.3) is 0 Å². The summed E-state index contributed by atoms with van der Waals surface area (Å²) < 4.78 is 5.04. The number of ketones is 1. The van der Waals surface area contributed by atoms with E-state index in [0.717, 1.165) is 5.56 Å². The van der Waals surface area contributed by atoms with E-state index >= 15 is 0 Å². The van der Waals surface area contributed by atoms with E-state index in [1.54, 1.807) is 6.07 Å². The quantitative estimate of drug-likeness (QED) is 0.718. The maximum Gasteiger partial charge on any atom is 0.189 e. The van der Waals surface area contributed by atoms with Crippen LogP contribution in [-0.4, -0.2) is 19.0 Å². The molecule has 14 heavy (non-hydrogen) atoms. The number of hydrogen-bond acceptors (Lipinski definition) is 2. The van der Waals surface area contributed by atoms with Crippen LogP contribution in [-0.2, 0) is 4.74 Å². The summed E-state index contributed by atoms with van der Waals surface area (Å²) in [5, 5.41) is 0.525. The molecule has 0 heterocycles. The summed E-state index contributed by atoms with van der Waals surface area (Å²) in [6, 6.07) is 5.41. The van der Waals surface area contributed by atoms with Crippen LogP contribution in [0.3, 0.4) is 0 Å². The molecule has 0 atom stereocenters. The molecule has 0 unspecified atom stereocenters. The molecular formula is C11H13ClO2. The van der Waals surface area contributed by atoms with Crippen LogP contribution in [0.5, 0.6) is 0 Å². The second-order valence-electron chi connectivity index (χ2n) is 3.00. The minimum atomic E-state index is -0.0689. The number of hydrogen-bond donors (Lipinski definition) is 0. The van der Waals surface area contributed by atoms with Crippen molar-refractivity contribution in [3.05, 3.63) is 34.3 Å². The molecule has 1 rings (SSSR count). The third-order valence-corrected chi connectivity index (χ3v) is 2.43. The summed E-state index contributed by atoms with van der Waals surface area (Å²) in [7, 11) is 0. The van der Waals surface area contributed by atoms with Gasteiger partial charge in [-0.15, -0.1) is 0 Å². The van der Waals surface area contributed by atoms with Crippen LogP contribution in [0.4, 0.5) is 0 Å². The van der Waals surface area contributed by atoms with Crippen molar-refractivity contribution >= 4 is 17.4 Å². The van der Waals surface area contributed by atoms with Gasteiger partial charge in [-0.1, -0.05) is 23.7 Å². The van der Waals surface area contributed by atoms with E-state index in [1.807, 2.05) is 26.0 Å². The Morgan fingerprint density at radius 2 is 2.21 bits per heavy atom. The van der Waals surface area contributed by atoms with Gasteiger partial charge in [0.1, 0.15) is 6.61 Å². The summed E-state index contributed by atoms with van der Waals surface area (Å²) >= 11 is 5.99. The molecule has 76 valence electrons. The number of aryl methyl sites for hydroxylation is 1. The topological polar surface area (TPSA) is 26.3 Å².